The minimum atomic E-state index is -0.257. The maximum absolute atomic E-state index is 13.3. The molecule has 0 aliphatic rings. The van der Waals surface area contributed by atoms with Crippen LogP contribution in [0, 0.1) is 12.7 Å². The lowest BCUT2D eigenvalue weighted by molar-refractivity contribution is 0.621. The standard InChI is InChI=1S/C14H12Br2FN/c1-9-6-10(2-4-12(9)15)8-18-11-3-5-13(16)14(17)7-11/h2-7,18H,8H2,1H3. The highest BCUT2D eigenvalue weighted by atomic mass is 79.9. The van der Waals surface area contributed by atoms with Gasteiger partial charge in [-0.1, -0.05) is 28.1 Å². The average molecular weight is 373 g/mol. The molecule has 0 bridgehead atoms. The number of rotatable bonds is 3. The lowest BCUT2D eigenvalue weighted by atomic mass is 10.1. The normalized spacial score (nSPS) is 10.4. The molecular weight excluding hydrogens is 361 g/mol. The highest BCUT2D eigenvalue weighted by Crippen LogP contribution is 2.21. The Bertz CT molecular complexity index is 518. The fourth-order valence-corrected chi connectivity index (χ4v) is 2.12. The van der Waals surface area contributed by atoms with Crippen molar-refractivity contribution in [3.05, 3.63) is 62.3 Å². The van der Waals surface area contributed by atoms with Crippen LogP contribution >= 0.6 is 31.9 Å². The van der Waals surface area contributed by atoms with Crippen molar-refractivity contribution >= 4 is 37.5 Å². The fourth-order valence-electron chi connectivity index (χ4n) is 1.63. The number of hydrogen-bond acceptors (Lipinski definition) is 1. The summed E-state index contributed by atoms with van der Waals surface area (Å²) in [5.74, 6) is -0.257. The van der Waals surface area contributed by atoms with E-state index in [4.69, 9.17) is 0 Å². The van der Waals surface area contributed by atoms with Gasteiger partial charge in [-0.2, -0.15) is 0 Å². The molecule has 1 N–H and O–H groups in total. The van der Waals surface area contributed by atoms with Crippen LogP contribution in [0.3, 0.4) is 0 Å². The van der Waals surface area contributed by atoms with Crippen molar-refractivity contribution < 1.29 is 4.39 Å². The average Bonchev–Trinajstić information content (AvgIpc) is 2.35. The van der Waals surface area contributed by atoms with Gasteiger partial charge in [0.25, 0.3) is 0 Å². The van der Waals surface area contributed by atoms with E-state index in [0.29, 0.717) is 11.0 Å². The van der Waals surface area contributed by atoms with Crippen molar-refractivity contribution in [2.75, 3.05) is 5.32 Å². The molecule has 0 amide bonds. The van der Waals surface area contributed by atoms with Crippen LogP contribution in [0.4, 0.5) is 10.1 Å². The number of hydrogen-bond donors (Lipinski definition) is 1. The van der Waals surface area contributed by atoms with E-state index < -0.39 is 0 Å². The van der Waals surface area contributed by atoms with Gasteiger partial charge in [-0.15, -0.1) is 0 Å². The van der Waals surface area contributed by atoms with Gasteiger partial charge in [0.2, 0.25) is 0 Å². The smallest absolute Gasteiger partial charge is 0.139 e. The van der Waals surface area contributed by atoms with Crippen molar-refractivity contribution in [3.63, 3.8) is 0 Å². The molecule has 0 radical (unpaired) electrons. The molecule has 0 aliphatic heterocycles. The first kappa shape index (κ1) is 13.6. The molecule has 0 atom stereocenters. The lowest BCUT2D eigenvalue weighted by Crippen LogP contribution is -2.00. The highest BCUT2D eigenvalue weighted by Gasteiger charge is 2.01. The summed E-state index contributed by atoms with van der Waals surface area (Å²) < 4.78 is 14.9. The molecule has 4 heteroatoms. The number of aryl methyl sites for hydroxylation is 1. The number of benzene rings is 2. The van der Waals surface area contributed by atoms with Crippen LogP contribution in [0.15, 0.2) is 45.3 Å². The van der Waals surface area contributed by atoms with E-state index in [1.54, 1.807) is 6.07 Å². The molecule has 0 fully saturated rings. The molecule has 94 valence electrons. The Morgan fingerprint density at radius 1 is 1.06 bits per heavy atom. The Labute approximate surface area is 123 Å². The maximum atomic E-state index is 13.3. The molecular formula is C14H12Br2FN. The monoisotopic (exact) mass is 371 g/mol. The summed E-state index contributed by atoms with van der Waals surface area (Å²) in [6.45, 7) is 2.72. The van der Waals surface area contributed by atoms with Crippen LogP contribution in [0.1, 0.15) is 11.1 Å². The molecule has 2 rings (SSSR count). The van der Waals surface area contributed by atoms with E-state index >= 15 is 0 Å². The third kappa shape index (κ3) is 3.33. The van der Waals surface area contributed by atoms with Crippen molar-refractivity contribution in [2.24, 2.45) is 0 Å². The summed E-state index contributed by atoms with van der Waals surface area (Å²) >= 11 is 6.60. The third-order valence-electron chi connectivity index (χ3n) is 2.64. The molecule has 0 aromatic heterocycles. The van der Waals surface area contributed by atoms with Crippen molar-refractivity contribution in [1.29, 1.82) is 0 Å². The number of anilines is 1. The van der Waals surface area contributed by atoms with Gasteiger partial charge >= 0.3 is 0 Å². The summed E-state index contributed by atoms with van der Waals surface area (Å²) in [4.78, 5) is 0. The number of nitrogens with one attached hydrogen (secondary N) is 1. The second kappa shape index (κ2) is 5.85. The van der Waals surface area contributed by atoms with E-state index in [9.17, 15) is 4.39 Å². The van der Waals surface area contributed by atoms with Gasteiger partial charge in [0.1, 0.15) is 5.82 Å². The Balaban J connectivity index is 2.06. The van der Waals surface area contributed by atoms with Crippen LogP contribution in [0.5, 0.6) is 0 Å². The van der Waals surface area contributed by atoms with Crippen LogP contribution in [0.25, 0.3) is 0 Å². The second-order valence-corrected chi connectivity index (χ2v) is 5.77. The Morgan fingerprint density at radius 2 is 1.78 bits per heavy atom. The molecule has 0 heterocycles. The highest BCUT2D eigenvalue weighted by molar-refractivity contribution is 9.10. The van der Waals surface area contributed by atoms with Crippen LogP contribution in [-0.4, -0.2) is 0 Å². The van der Waals surface area contributed by atoms with Gasteiger partial charge in [0, 0.05) is 16.7 Å². The molecule has 2 aromatic rings. The first-order chi connectivity index (χ1) is 8.56. The summed E-state index contributed by atoms with van der Waals surface area (Å²) in [7, 11) is 0. The van der Waals surface area contributed by atoms with Crippen molar-refractivity contribution in [3.8, 4) is 0 Å². The van der Waals surface area contributed by atoms with E-state index in [1.807, 2.05) is 25.1 Å². The van der Waals surface area contributed by atoms with E-state index in [1.165, 1.54) is 17.2 Å². The predicted octanol–water partition coefficient (Wildman–Crippen LogP) is 5.27. The van der Waals surface area contributed by atoms with E-state index in [0.717, 1.165) is 10.2 Å². The Kier molecular flexibility index (Phi) is 4.40. The third-order valence-corrected chi connectivity index (χ3v) is 4.17. The maximum Gasteiger partial charge on any atom is 0.139 e. The Morgan fingerprint density at radius 3 is 2.44 bits per heavy atom. The second-order valence-electron chi connectivity index (χ2n) is 4.07. The molecule has 18 heavy (non-hydrogen) atoms. The minimum Gasteiger partial charge on any atom is -0.381 e. The summed E-state index contributed by atoms with van der Waals surface area (Å²) in [6, 6.07) is 11.2. The van der Waals surface area contributed by atoms with Crippen molar-refractivity contribution in [1.82, 2.24) is 0 Å². The number of halogens is 3. The molecule has 0 unspecified atom stereocenters. The Hall–Kier alpha value is -0.870. The predicted molar refractivity (Wildman–Crippen MR) is 80.3 cm³/mol. The van der Waals surface area contributed by atoms with Crippen LogP contribution < -0.4 is 5.32 Å². The largest absolute Gasteiger partial charge is 0.381 e. The van der Waals surface area contributed by atoms with Gasteiger partial charge in [-0.05, 0) is 58.2 Å². The van der Waals surface area contributed by atoms with Crippen LogP contribution in [0.2, 0.25) is 0 Å². The summed E-state index contributed by atoms with van der Waals surface area (Å²) in [6.07, 6.45) is 0. The van der Waals surface area contributed by atoms with Gasteiger partial charge < -0.3 is 5.32 Å². The fraction of sp³-hybridized carbons (Fsp3) is 0.143. The van der Waals surface area contributed by atoms with Gasteiger partial charge in [-0.25, -0.2) is 4.39 Å². The molecule has 0 saturated heterocycles. The van der Waals surface area contributed by atoms with Gasteiger partial charge in [0.15, 0.2) is 0 Å². The molecule has 2 aromatic carbocycles. The zero-order valence-electron chi connectivity index (χ0n) is 9.81. The summed E-state index contributed by atoms with van der Waals surface area (Å²) in [5, 5.41) is 3.20. The van der Waals surface area contributed by atoms with Gasteiger partial charge in [-0.3, -0.25) is 0 Å². The molecule has 0 saturated carbocycles. The molecule has 0 aliphatic carbocycles. The topological polar surface area (TPSA) is 12.0 Å². The molecule has 1 nitrogen and oxygen atoms in total. The summed E-state index contributed by atoms with van der Waals surface area (Å²) in [5.41, 5.74) is 3.13. The SMILES string of the molecule is Cc1cc(CNc2ccc(Br)c(F)c2)ccc1Br. The first-order valence-electron chi connectivity index (χ1n) is 5.50. The molecule has 0 spiro atoms. The zero-order chi connectivity index (χ0) is 13.1. The first-order valence-corrected chi connectivity index (χ1v) is 7.09. The van der Waals surface area contributed by atoms with Crippen molar-refractivity contribution in [2.45, 2.75) is 13.5 Å². The zero-order valence-corrected chi connectivity index (χ0v) is 13.0. The van der Waals surface area contributed by atoms with Crippen LogP contribution in [-0.2, 0) is 6.54 Å². The quantitative estimate of drug-likeness (QED) is 0.773. The lowest BCUT2D eigenvalue weighted by Gasteiger charge is -2.08. The van der Waals surface area contributed by atoms with E-state index in [-0.39, 0.29) is 5.82 Å². The van der Waals surface area contributed by atoms with Gasteiger partial charge in [0.05, 0.1) is 4.47 Å². The van der Waals surface area contributed by atoms with E-state index in [2.05, 4.69) is 43.2 Å². The minimum absolute atomic E-state index is 0.257.